The fourth-order valence-electron chi connectivity index (χ4n) is 2.10. The Morgan fingerprint density at radius 3 is 3.06 bits per heavy atom. The number of aryl methyl sites for hydroxylation is 1. The lowest BCUT2D eigenvalue weighted by molar-refractivity contribution is 0.399. The lowest BCUT2D eigenvalue weighted by atomic mass is 10.1. The van der Waals surface area contributed by atoms with Crippen molar-refractivity contribution in [2.45, 2.75) is 13.3 Å². The first-order valence-corrected chi connectivity index (χ1v) is 6.49. The summed E-state index contributed by atoms with van der Waals surface area (Å²) in [6.07, 6.45) is 3.18. The Morgan fingerprint density at radius 2 is 2.44 bits per heavy atom. The monoisotopic (exact) mass is 283 g/mol. The van der Waals surface area contributed by atoms with Crippen LogP contribution in [-0.4, -0.2) is 36.6 Å². The molecule has 0 saturated carbocycles. The van der Waals surface area contributed by atoms with Crippen LogP contribution in [0.15, 0.2) is 16.7 Å². The summed E-state index contributed by atoms with van der Waals surface area (Å²) in [4.78, 5) is 6.77. The van der Waals surface area contributed by atoms with Crippen LogP contribution in [0.1, 0.15) is 12.0 Å². The molecule has 88 valence electrons. The van der Waals surface area contributed by atoms with Crippen molar-refractivity contribution in [2.75, 3.05) is 32.0 Å². The van der Waals surface area contributed by atoms with Crippen molar-refractivity contribution in [1.29, 1.82) is 0 Å². The standard InChI is InChI=1S/C12H18BrN3/c1-9-5-11(13)12(14-6-9)15-7-10-3-4-16(2)8-10/h5-6,10H,3-4,7-8H2,1-2H3,(H,14,15). The number of hydrogen-bond donors (Lipinski definition) is 1. The first kappa shape index (κ1) is 11.9. The smallest absolute Gasteiger partial charge is 0.140 e. The Morgan fingerprint density at radius 1 is 1.62 bits per heavy atom. The van der Waals surface area contributed by atoms with Gasteiger partial charge in [0, 0.05) is 19.3 Å². The summed E-state index contributed by atoms with van der Waals surface area (Å²) in [5.41, 5.74) is 1.18. The average Bonchev–Trinajstić information content (AvgIpc) is 2.63. The van der Waals surface area contributed by atoms with E-state index in [4.69, 9.17) is 0 Å². The molecular weight excluding hydrogens is 266 g/mol. The number of anilines is 1. The zero-order valence-corrected chi connectivity index (χ0v) is 11.4. The minimum atomic E-state index is 0.750. The molecule has 2 heterocycles. The lowest BCUT2D eigenvalue weighted by Gasteiger charge is -2.13. The van der Waals surface area contributed by atoms with Crippen LogP contribution >= 0.6 is 15.9 Å². The van der Waals surface area contributed by atoms with Crippen molar-refractivity contribution in [3.63, 3.8) is 0 Å². The zero-order chi connectivity index (χ0) is 11.5. The van der Waals surface area contributed by atoms with E-state index in [9.17, 15) is 0 Å². The Bertz CT molecular complexity index is 367. The van der Waals surface area contributed by atoms with Crippen molar-refractivity contribution in [1.82, 2.24) is 9.88 Å². The summed E-state index contributed by atoms with van der Waals surface area (Å²) < 4.78 is 1.05. The summed E-state index contributed by atoms with van der Waals surface area (Å²) in [6.45, 7) is 5.47. The number of nitrogens with one attached hydrogen (secondary N) is 1. The number of halogens is 1. The third kappa shape index (κ3) is 2.95. The molecule has 0 aliphatic carbocycles. The van der Waals surface area contributed by atoms with Gasteiger partial charge in [-0.25, -0.2) is 4.98 Å². The van der Waals surface area contributed by atoms with Crippen LogP contribution in [0.3, 0.4) is 0 Å². The van der Waals surface area contributed by atoms with E-state index in [1.54, 1.807) is 0 Å². The topological polar surface area (TPSA) is 28.2 Å². The number of likely N-dealkylation sites (tertiary alicyclic amines) is 1. The highest BCUT2D eigenvalue weighted by Gasteiger charge is 2.19. The molecule has 1 unspecified atom stereocenters. The van der Waals surface area contributed by atoms with Crippen molar-refractivity contribution >= 4 is 21.7 Å². The number of pyridine rings is 1. The van der Waals surface area contributed by atoms with Crippen LogP contribution in [0.25, 0.3) is 0 Å². The Balaban J connectivity index is 1.89. The van der Waals surface area contributed by atoms with Crippen LogP contribution in [0, 0.1) is 12.8 Å². The first-order valence-electron chi connectivity index (χ1n) is 5.69. The number of aromatic nitrogens is 1. The van der Waals surface area contributed by atoms with Gasteiger partial charge in [0.15, 0.2) is 0 Å². The predicted molar refractivity (Wildman–Crippen MR) is 70.8 cm³/mol. The van der Waals surface area contributed by atoms with Gasteiger partial charge in [0.05, 0.1) is 4.47 Å². The maximum atomic E-state index is 4.39. The molecule has 1 aromatic heterocycles. The van der Waals surface area contributed by atoms with Crippen LogP contribution < -0.4 is 5.32 Å². The van der Waals surface area contributed by atoms with Gasteiger partial charge < -0.3 is 10.2 Å². The molecule has 0 radical (unpaired) electrons. The van der Waals surface area contributed by atoms with Gasteiger partial charge in [-0.15, -0.1) is 0 Å². The van der Waals surface area contributed by atoms with E-state index >= 15 is 0 Å². The van der Waals surface area contributed by atoms with Crippen LogP contribution in [0.5, 0.6) is 0 Å². The maximum absolute atomic E-state index is 4.39. The fraction of sp³-hybridized carbons (Fsp3) is 0.583. The van der Waals surface area contributed by atoms with Crippen molar-refractivity contribution < 1.29 is 0 Å². The van der Waals surface area contributed by atoms with Gasteiger partial charge in [-0.3, -0.25) is 0 Å². The molecule has 1 N–H and O–H groups in total. The molecule has 0 aromatic carbocycles. The molecule has 2 rings (SSSR count). The van der Waals surface area contributed by atoms with Crippen LogP contribution in [-0.2, 0) is 0 Å². The largest absolute Gasteiger partial charge is 0.369 e. The van der Waals surface area contributed by atoms with Gasteiger partial charge in [0.1, 0.15) is 5.82 Å². The van der Waals surface area contributed by atoms with Gasteiger partial charge in [-0.2, -0.15) is 0 Å². The quantitative estimate of drug-likeness (QED) is 0.924. The second kappa shape index (κ2) is 5.15. The molecule has 1 aliphatic heterocycles. The SMILES string of the molecule is Cc1cnc(NCC2CCN(C)C2)c(Br)c1. The second-order valence-corrected chi connectivity index (χ2v) is 5.50. The van der Waals surface area contributed by atoms with Crippen molar-refractivity contribution in [2.24, 2.45) is 5.92 Å². The number of nitrogens with zero attached hydrogens (tertiary/aromatic N) is 2. The van der Waals surface area contributed by atoms with Gasteiger partial charge in [0.25, 0.3) is 0 Å². The van der Waals surface area contributed by atoms with E-state index in [1.165, 1.54) is 25.1 Å². The van der Waals surface area contributed by atoms with E-state index in [0.29, 0.717) is 0 Å². The second-order valence-electron chi connectivity index (χ2n) is 4.64. The molecule has 1 atom stereocenters. The van der Waals surface area contributed by atoms with E-state index in [2.05, 4.69) is 44.2 Å². The fourth-order valence-corrected chi connectivity index (χ4v) is 2.70. The average molecular weight is 284 g/mol. The van der Waals surface area contributed by atoms with E-state index < -0.39 is 0 Å². The zero-order valence-electron chi connectivity index (χ0n) is 9.83. The van der Waals surface area contributed by atoms with Gasteiger partial charge >= 0.3 is 0 Å². The summed E-state index contributed by atoms with van der Waals surface area (Å²) in [5.74, 6) is 1.71. The molecular formula is C12H18BrN3. The van der Waals surface area contributed by atoms with Gasteiger partial charge in [0.2, 0.25) is 0 Å². The summed E-state index contributed by atoms with van der Waals surface area (Å²) in [5, 5.41) is 3.42. The van der Waals surface area contributed by atoms with Gasteiger partial charge in [-0.1, -0.05) is 0 Å². The third-order valence-electron chi connectivity index (χ3n) is 3.03. The lowest BCUT2D eigenvalue weighted by Crippen LogP contribution is -2.19. The summed E-state index contributed by atoms with van der Waals surface area (Å²) >= 11 is 3.53. The molecule has 16 heavy (non-hydrogen) atoms. The summed E-state index contributed by atoms with van der Waals surface area (Å²) in [7, 11) is 2.18. The molecule has 0 amide bonds. The normalized spacial score (nSPS) is 21.3. The van der Waals surface area contributed by atoms with Crippen LogP contribution in [0.2, 0.25) is 0 Å². The van der Waals surface area contributed by atoms with Crippen molar-refractivity contribution in [3.8, 4) is 0 Å². The number of rotatable bonds is 3. The van der Waals surface area contributed by atoms with E-state index in [-0.39, 0.29) is 0 Å². The minimum absolute atomic E-state index is 0.750. The highest BCUT2D eigenvalue weighted by atomic mass is 79.9. The van der Waals surface area contributed by atoms with Gasteiger partial charge in [-0.05, 0) is 60.4 Å². The van der Waals surface area contributed by atoms with Crippen molar-refractivity contribution in [3.05, 3.63) is 22.3 Å². The first-order chi connectivity index (χ1) is 7.65. The Hall–Kier alpha value is -0.610. The molecule has 1 saturated heterocycles. The summed E-state index contributed by atoms with van der Waals surface area (Å²) in [6, 6.07) is 2.09. The molecule has 1 aliphatic rings. The molecule has 0 bridgehead atoms. The van der Waals surface area contributed by atoms with E-state index in [0.717, 1.165) is 22.8 Å². The van der Waals surface area contributed by atoms with Crippen LogP contribution in [0.4, 0.5) is 5.82 Å². The highest BCUT2D eigenvalue weighted by Crippen LogP contribution is 2.22. The predicted octanol–water partition coefficient (Wildman–Crippen LogP) is 2.52. The van der Waals surface area contributed by atoms with E-state index in [1.807, 2.05) is 13.1 Å². The maximum Gasteiger partial charge on any atom is 0.140 e. The molecule has 1 fully saturated rings. The third-order valence-corrected chi connectivity index (χ3v) is 3.63. The molecule has 4 heteroatoms. The highest BCUT2D eigenvalue weighted by molar-refractivity contribution is 9.10. The Kier molecular flexibility index (Phi) is 3.82. The molecule has 3 nitrogen and oxygen atoms in total. The minimum Gasteiger partial charge on any atom is -0.369 e. The Labute approximate surface area is 105 Å². The molecule has 1 aromatic rings. The number of hydrogen-bond acceptors (Lipinski definition) is 3. The molecule has 0 spiro atoms.